The molecule has 0 aliphatic rings. The Kier molecular flexibility index (Phi) is 3.84. The van der Waals surface area contributed by atoms with Gasteiger partial charge in [0.25, 0.3) is 0 Å². The number of benzene rings is 2. The molecule has 0 spiro atoms. The van der Waals surface area contributed by atoms with Crippen molar-refractivity contribution in [3.8, 4) is 0 Å². The minimum absolute atomic E-state index is 0.0721. The number of esters is 1. The van der Waals surface area contributed by atoms with Crippen molar-refractivity contribution in [2.75, 3.05) is 0 Å². The standard InChI is InChI=1S/C16H11NO4S/c18-16(14-8-9-15(22-14)17(19)20)21-10-12-6-3-5-11-4-1-2-7-13(11)12/h1-9H,10H2. The minimum Gasteiger partial charge on any atom is -0.457 e. The van der Waals surface area contributed by atoms with E-state index in [0.29, 0.717) is 0 Å². The van der Waals surface area contributed by atoms with Crippen molar-refractivity contribution in [1.82, 2.24) is 0 Å². The summed E-state index contributed by atoms with van der Waals surface area (Å²) in [6.45, 7) is 0.131. The topological polar surface area (TPSA) is 69.4 Å². The van der Waals surface area contributed by atoms with Gasteiger partial charge in [-0.15, -0.1) is 0 Å². The number of nitro groups is 1. The summed E-state index contributed by atoms with van der Waals surface area (Å²) < 4.78 is 5.26. The lowest BCUT2D eigenvalue weighted by molar-refractivity contribution is -0.380. The molecule has 5 nitrogen and oxygen atoms in total. The van der Waals surface area contributed by atoms with Gasteiger partial charge in [-0.1, -0.05) is 53.8 Å². The van der Waals surface area contributed by atoms with Crippen LogP contribution in [0.4, 0.5) is 5.00 Å². The van der Waals surface area contributed by atoms with Crippen LogP contribution >= 0.6 is 11.3 Å². The van der Waals surface area contributed by atoms with Gasteiger partial charge >= 0.3 is 11.0 Å². The predicted molar refractivity (Wildman–Crippen MR) is 84.0 cm³/mol. The monoisotopic (exact) mass is 313 g/mol. The number of carbonyl (C=O) groups is 1. The maximum Gasteiger partial charge on any atom is 0.348 e. The Bertz CT molecular complexity index is 851. The van der Waals surface area contributed by atoms with Crippen LogP contribution in [-0.2, 0) is 11.3 Å². The summed E-state index contributed by atoms with van der Waals surface area (Å²) in [5.74, 6) is -0.550. The minimum atomic E-state index is -0.550. The normalized spacial score (nSPS) is 10.5. The van der Waals surface area contributed by atoms with E-state index >= 15 is 0 Å². The van der Waals surface area contributed by atoms with Crippen LogP contribution in [0.25, 0.3) is 10.8 Å². The highest BCUT2D eigenvalue weighted by Crippen LogP contribution is 2.25. The first-order valence-corrected chi connectivity index (χ1v) is 7.35. The van der Waals surface area contributed by atoms with Crippen LogP contribution in [0.5, 0.6) is 0 Å². The first-order chi connectivity index (χ1) is 10.6. The molecule has 2 aromatic carbocycles. The van der Waals surface area contributed by atoms with Crippen LogP contribution in [0.2, 0.25) is 0 Å². The van der Waals surface area contributed by atoms with E-state index in [9.17, 15) is 14.9 Å². The summed E-state index contributed by atoms with van der Waals surface area (Å²) in [4.78, 5) is 22.3. The zero-order valence-corrected chi connectivity index (χ0v) is 12.2. The molecular weight excluding hydrogens is 302 g/mol. The molecule has 0 atom stereocenters. The highest BCUT2D eigenvalue weighted by Gasteiger charge is 2.16. The Balaban J connectivity index is 1.76. The highest BCUT2D eigenvalue weighted by atomic mass is 32.1. The van der Waals surface area contributed by atoms with E-state index in [1.54, 1.807) is 0 Å². The van der Waals surface area contributed by atoms with E-state index in [0.717, 1.165) is 27.7 Å². The Hall–Kier alpha value is -2.73. The van der Waals surface area contributed by atoms with E-state index in [1.165, 1.54) is 12.1 Å². The molecule has 0 bridgehead atoms. The molecule has 1 heterocycles. The number of carbonyl (C=O) groups excluding carboxylic acids is 1. The summed E-state index contributed by atoms with van der Waals surface area (Å²) in [5.41, 5.74) is 0.900. The Morgan fingerprint density at radius 2 is 1.86 bits per heavy atom. The SMILES string of the molecule is O=C(OCc1cccc2ccccc12)c1ccc([N+](=O)[O-])s1. The number of ether oxygens (including phenoxy) is 1. The molecule has 0 fully saturated rings. The molecule has 0 saturated heterocycles. The van der Waals surface area contributed by atoms with Crippen LogP contribution < -0.4 is 0 Å². The predicted octanol–water partition coefficient (Wildman–Crippen LogP) is 4.17. The fourth-order valence-electron chi connectivity index (χ4n) is 2.17. The summed E-state index contributed by atoms with van der Waals surface area (Å²) >= 11 is 0.814. The van der Waals surface area contributed by atoms with Gasteiger partial charge in [0.2, 0.25) is 0 Å². The Morgan fingerprint density at radius 3 is 2.64 bits per heavy atom. The highest BCUT2D eigenvalue weighted by molar-refractivity contribution is 7.17. The molecule has 22 heavy (non-hydrogen) atoms. The lowest BCUT2D eigenvalue weighted by Crippen LogP contribution is -2.03. The molecular formula is C16H11NO4S. The van der Waals surface area contributed by atoms with Gasteiger partial charge in [0.15, 0.2) is 0 Å². The van der Waals surface area contributed by atoms with Crippen LogP contribution in [-0.4, -0.2) is 10.9 Å². The summed E-state index contributed by atoms with van der Waals surface area (Å²) in [7, 11) is 0. The molecule has 0 unspecified atom stereocenters. The quantitative estimate of drug-likeness (QED) is 0.412. The average Bonchev–Trinajstić information content (AvgIpc) is 3.03. The van der Waals surface area contributed by atoms with Crippen LogP contribution in [0.3, 0.4) is 0 Å². The first kappa shape index (κ1) is 14.2. The average molecular weight is 313 g/mol. The summed E-state index contributed by atoms with van der Waals surface area (Å²) in [6.07, 6.45) is 0. The second-order valence-corrected chi connectivity index (χ2v) is 5.67. The molecule has 0 aliphatic carbocycles. The van der Waals surface area contributed by atoms with Crippen molar-refractivity contribution in [3.05, 3.63) is 75.2 Å². The Labute approximate surface area is 129 Å². The van der Waals surface area contributed by atoms with Crippen LogP contribution in [0, 0.1) is 10.1 Å². The van der Waals surface area contributed by atoms with Gasteiger partial charge in [-0.2, -0.15) is 0 Å². The van der Waals surface area contributed by atoms with Gasteiger partial charge in [0.1, 0.15) is 11.5 Å². The lowest BCUT2D eigenvalue weighted by atomic mass is 10.1. The fourth-order valence-corrected chi connectivity index (χ4v) is 2.88. The number of nitrogens with zero attached hydrogens (tertiary/aromatic N) is 1. The molecule has 0 saturated carbocycles. The van der Waals surface area contributed by atoms with Gasteiger partial charge < -0.3 is 4.74 Å². The molecule has 6 heteroatoms. The maximum absolute atomic E-state index is 12.0. The number of fused-ring (bicyclic) bond motifs is 1. The molecule has 1 aromatic heterocycles. The third-order valence-corrected chi connectivity index (χ3v) is 4.23. The molecule has 0 radical (unpaired) electrons. The van der Waals surface area contributed by atoms with Crippen molar-refractivity contribution in [1.29, 1.82) is 0 Å². The van der Waals surface area contributed by atoms with Gasteiger partial charge in [0.05, 0.1) is 4.92 Å². The fraction of sp³-hybridized carbons (Fsp3) is 0.0625. The van der Waals surface area contributed by atoms with Gasteiger partial charge in [-0.05, 0) is 22.4 Å². The van der Waals surface area contributed by atoms with Gasteiger partial charge in [-0.3, -0.25) is 10.1 Å². The van der Waals surface area contributed by atoms with E-state index < -0.39 is 10.9 Å². The number of hydrogen-bond acceptors (Lipinski definition) is 5. The van der Waals surface area contributed by atoms with E-state index in [-0.39, 0.29) is 16.5 Å². The maximum atomic E-state index is 12.0. The van der Waals surface area contributed by atoms with E-state index in [1.807, 2.05) is 42.5 Å². The molecule has 0 aliphatic heterocycles. The molecule has 0 N–H and O–H groups in total. The molecule has 3 aromatic rings. The van der Waals surface area contributed by atoms with Crippen molar-refractivity contribution in [2.45, 2.75) is 6.61 Å². The van der Waals surface area contributed by atoms with Crippen molar-refractivity contribution in [3.63, 3.8) is 0 Å². The number of rotatable bonds is 4. The van der Waals surface area contributed by atoms with Crippen molar-refractivity contribution >= 4 is 33.1 Å². The number of hydrogen-bond donors (Lipinski definition) is 0. The van der Waals surface area contributed by atoms with E-state index in [2.05, 4.69) is 0 Å². The second-order valence-electron chi connectivity index (χ2n) is 4.61. The molecule has 0 amide bonds. The van der Waals surface area contributed by atoms with Gasteiger partial charge in [-0.25, -0.2) is 4.79 Å². The van der Waals surface area contributed by atoms with Crippen LogP contribution in [0.1, 0.15) is 15.2 Å². The zero-order valence-electron chi connectivity index (χ0n) is 11.4. The smallest absolute Gasteiger partial charge is 0.348 e. The van der Waals surface area contributed by atoms with E-state index in [4.69, 9.17) is 4.74 Å². The summed E-state index contributed by atoms with van der Waals surface area (Å²) in [5, 5.41) is 12.6. The number of thiophene rings is 1. The van der Waals surface area contributed by atoms with Crippen LogP contribution in [0.15, 0.2) is 54.6 Å². The summed E-state index contributed by atoms with van der Waals surface area (Å²) in [6, 6.07) is 16.3. The Morgan fingerprint density at radius 1 is 1.09 bits per heavy atom. The van der Waals surface area contributed by atoms with Crippen molar-refractivity contribution < 1.29 is 14.5 Å². The third kappa shape index (κ3) is 2.82. The largest absolute Gasteiger partial charge is 0.457 e. The van der Waals surface area contributed by atoms with Gasteiger partial charge in [0, 0.05) is 6.07 Å². The third-order valence-electron chi connectivity index (χ3n) is 3.21. The second kappa shape index (κ2) is 5.95. The molecule has 110 valence electrons. The zero-order chi connectivity index (χ0) is 15.5. The van der Waals surface area contributed by atoms with Crippen molar-refractivity contribution in [2.24, 2.45) is 0 Å². The lowest BCUT2D eigenvalue weighted by Gasteiger charge is -2.07. The molecule has 3 rings (SSSR count). The first-order valence-electron chi connectivity index (χ1n) is 6.53.